The average molecular weight is 237 g/mol. The molecular formula is C14H23NO2. The molecule has 0 aromatic heterocycles. The Morgan fingerprint density at radius 2 is 2.00 bits per heavy atom. The van der Waals surface area contributed by atoms with Crippen molar-refractivity contribution in [3.63, 3.8) is 0 Å². The molecule has 3 nitrogen and oxygen atoms in total. The largest absolute Gasteiger partial charge is 0.508 e. The first-order chi connectivity index (χ1) is 8.04. The van der Waals surface area contributed by atoms with Crippen LogP contribution in [0, 0.1) is 12.8 Å². The van der Waals surface area contributed by atoms with Gasteiger partial charge in [-0.3, -0.25) is 0 Å². The van der Waals surface area contributed by atoms with Crippen LogP contribution in [-0.2, 0) is 0 Å². The predicted octanol–water partition coefficient (Wildman–Crippen LogP) is 2.37. The molecule has 0 heterocycles. The quantitative estimate of drug-likeness (QED) is 0.712. The van der Waals surface area contributed by atoms with E-state index in [4.69, 9.17) is 5.11 Å². The van der Waals surface area contributed by atoms with Gasteiger partial charge in [0.15, 0.2) is 0 Å². The van der Waals surface area contributed by atoms with Gasteiger partial charge in [-0.2, -0.15) is 0 Å². The highest BCUT2D eigenvalue weighted by atomic mass is 16.3. The molecule has 0 aliphatic heterocycles. The third-order valence-electron chi connectivity index (χ3n) is 3.05. The van der Waals surface area contributed by atoms with Gasteiger partial charge in [0.2, 0.25) is 0 Å². The maximum atomic E-state index is 9.85. The van der Waals surface area contributed by atoms with Crippen molar-refractivity contribution >= 4 is 0 Å². The van der Waals surface area contributed by atoms with Gasteiger partial charge in [-0.1, -0.05) is 19.1 Å². The number of aromatic hydroxyl groups is 1. The highest BCUT2D eigenvalue weighted by Gasteiger charge is 2.11. The summed E-state index contributed by atoms with van der Waals surface area (Å²) in [6, 6.07) is 5.87. The summed E-state index contributed by atoms with van der Waals surface area (Å²) in [5.74, 6) is 0.787. The van der Waals surface area contributed by atoms with E-state index >= 15 is 0 Å². The predicted molar refractivity (Wildman–Crippen MR) is 70.1 cm³/mol. The van der Waals surface area contributed by atoms with Crippen LogP contribution < -0.4 is 5.32 Å². The van der Waals surface area contributed by atoms with E-state index in [1.54, 1.807) is 6.07 Å². The number of hydrogen-bond acceptors (Lipinski definition) is 3. The Bertz CT molecular complexity index is 352. The number of phenols is 1. The number of aryl methyl sites for hydroxylation is 1. The fraction of sp³-hybridized carbons (Fsp3) is 0.571. The molecule has 0 amide bonds. The molecule has 1 aromatic carbocycles. The zero-order valence-electron chi connectivity index (χ0n) is 10.9. The number of benzene rings is 1. The van der Waals surface area contributed by atoms with Crippen molar-refractivity contribution in [2.75, 3.05) is 13.2 Å². The topological polar surface area (TPSA) is 52.5 Å². The van der Waals surface area contributed by atoms with Crippen molar-refractivity contribution in [1.82, 2.24) is 5.32 Å². The van der Waals surface area contributed by atoms with E-state index in [-0.39, 0.29) is 12.6 Å². The fourth-order valence-electron chi connectivity index (χ4n) is 1.83. The molecule has 0 bridgehead atoms. The first-order valence-corrected chi connectivity index (χ1v) is 6.18. The Morgan fingerprint density at radius 3 is 2.59 bits per heavy atom. The minimum atomic E-state index is 0.122. The second-order valence-corrected chi connectivity index (χ2v) is 4.81. The normalized spacial score (nSPS) is 14.6. The summed E-state index contributed by atoms with van der Waals surface area (Å²) >= 11 is 0. The molecule has 0 aliphatic rings. The highest BCUT2D eigenvalue weighted by Crippen LogP contribution is 2.24. The van der Waals surface area contributed by atoms with E-state index in [2.05, 4.69) is 12.2 Å². The molecule has 0 aliphatic carbocycles. The van der Waals surface area contributed by atoms with Gasteiger partial charge >= 0.3 is 0 Å². The summed E-state index contributed by atoms with van der Waals surface area (Å²) in [5.41, 5.74) is 1.99. The number of nitrogens with one attached hydrogen (secondary N) is 1. The van der Waals surface area contributed by atoms with E-state index in [0.717, 1.165) is 24.1 Å². The Morgan fingerprint density at radius 1 is 1.29 bits per heavy atom. The Hall–Kier alpha value is -1.06. The van der Waals surface area contributed by atoms with E-state index < -0.39 is 0 Å². The number of aliphatic hydroxyl groups is 1. The number of hydrogen-bond donors (Lipinski definition) is 3. The zero-order chi connectivity index (χ0) is 12.8. The van der Waals surface area contributed by atoms with Gasteiger partial charge in [-0.15, -0.1) is 0 Å². The number of phenolic OH excluding ortho intramolecular Hbond substituents is 1. The molecule has 3 heteroatoms. The summed E-state index contributed by atoms with van der Waals surface area (Å²) in [6.07, 6.45) is 0.805. The van der Waals surface area contributed by atoms with Crippen LogP contribution >= 0.6 is 0 Å². The van der Waals surface area contributed by atoms with Crippen LogP contribution in [0.5, 0.6) is 5.75 Å². The molecule has 96 valence electrons. The van der Waals surface area contributed by atoms with Gasteiger partial charge in [0.05, 0.1) is 0 Å². The zero-order valence-corrected chi connectivity index (χ0v) is 10.9. The lowest BCUT2D eigenvalue weighted by Gasteiger charge is -2.18. The summed E-state index contributed by atoms with van der Waals surface area (Å²) in [5, 5.41) is 22.0. The van der Waals surface area contributed by atoms with Crippen molar-refractivity contribution in [3.05, 3.63) is 29.3 Å². The Balaban J connectivity index is 2.54. The van der Waals surface area contributed by atoms with Gasteiger partial charge in [-0.25, -0.2) is 0 Å². The SMILES string of the molecule is Cc1ccc(C(C)NCC(C)CCO)c(O)c1. The molecule has 0 saturated carbocycles. The molecule has 1 rings (SSSR count). The Kier molecular flexibility index (Phi) is 5.45. The van der Waals surface area contributed by atoms with Gasteiger partial charge in [0.25, 0.3) is 0 Å². The van der Waals surface area contributed by atoms with Crippen molar-refractivity contribution in [1.29, 1.82) is 0 Å². The molecule has 17 heavy (non-hydrogen) atoms. The van der Waals surface area contributed by atoms with E-state index in [0.29, 0.717) is 11.7 Å². The molecular weight excluding hydrogens is 214 g/mol. The molecule has 1 aromatic rings. The van der Waals surface area contributed by atoms with Gasteiger partial charge < -0.3 is 15.5 Å². The third kappa shape index (κ3) is 4.36. The Labute approximate surface area is 103 Å². The molecule has 0 radical (unpaired) electrons. The minimum absolute atomic E-state index is 0.122. The van der Waals surface area contributed by atoms with Crippen LogP contribution in [0.3, 0.4) is 0 Å². The summed E-state index contributed by atoms with van der Waals surface area (Å²) in [6.45, 7) is 7.17. The van der Waals surface area contributed by atoms with Gasteiger partial charge in [-0.05, 0) is 44.4 Å². The smallest absolute Gasteiger partial charge is 0.120 e. The lowest BCUT2D eigenvalue weighted by atomic mass is 10.0. The average Bonchev–Trinajstić information content (AvgIpc) is 2.26. The van der Waals surface area contributed by atoms with Crippen LogP contribution in [0.4, 0.5) is 0 Å². The van der Waals surface area contributed by atoms with Gasteiger partial charge in [0.1, 0.15) is 5.75 Å². The van der Waals surface area contributed by atoms with Crippen LogP contribution in [0.15, 0.2) is 18.2 Å². The first-order valence-electron chi connectivity index (χ1n) is 6.18. The fourth-order valence-corrected chi connectivity index (χ4v) is 1.83. The van der Waals surface area contributed by atoms with Crippen LogP contribution in [0.2, 0.25) is 0 Å². The van der Waals surface area contributed by atoms with Crippen molar-refractivity contribution < 1.29 is 10.2 Å². The maximum absolute atomic E-state index is 9.85. The number of rotatable bonds is 6. The third-order valence-corrected chi connectivity index (χ3v) is 3.05. The summed E-state index contributed by atoms with van der Waals surface area (Å²) in [7, 11) is 0. The molecule has 3 N–H and O–H groups in total. The number of aliphatic hydroxyl groups excluding tert-OH is 1. The minimum Gasteiger partial charge on any atom is -0.508 e. The van der Waals surface area contributed by atoms with Crippen molar-refractivity contribution in [2.45, 2.75) is 33.2 Å². The lowest BCUT2D eigenvalue weighted by molar-refractivity contribution is 0.258. The first kappa shape index (κ1) is 14.0. The molecule has 0 spiro atoms. The second kappa shape index (κ2) is 6.62. The van der Waals surface area contributed by atoms with Crippen LogP contribution in [-0.4, -0.2) is 23.4 Å². The molecule has 2 unspecified atom stereocenters. The van der Waals surface area contributed by atoms with Gasteiger partial charge in [0, 0.05) is 18.2 Å². The molecule has 2 atom stereocenters. The van der Waals surface area contributed by atoms with Crippen LogP contribution in [0.1, 0.15) is 37.4 Å². The second-order valence-electron chi connectivity index (χ2n) is 4.81. The molecule has 0 saturated heterocycles. The highest BCUT2D eigenvalue weighted by molar-refractivity contribution is 5.37. The summed E-state index contributed by atoms with van der Waals surface area (Å²) < 4.78 is 0. The van der Waals surface area contributed by atoms with Crippen molar-refractivity contribution in [3.8, 4) is 5.75 Å². The van der Waals surface area contributed by atoms with E-state index in [9.17, 15) is 5.11 Å². The summed E-state index contributed by atoms with van der Waals surface area (Å²) in [4.78, 5) is 0. The van der Waals surface area contributed by atoms with Crippen molar-refractivity contribution in [2.24, 2.45) is 5.92 Å². The van der Waals surface area contributed by atoms with Crippen LogP contribution in [0.25, 0.3) is 0 Å². The monoisotopic (exact) mass is 237 g/mol. The van der Waals surface area contributed by atoms with E-state index in [1.165, 1.54) is 0 Å². The molecule has 0 fully saturated rings. The van der Waals surface area contributed by atoms with E-state index in [1.807, 2.05) is 26.0 Å². The maximum Gasteiger partial charge on any atom is 0.120 e. The lowest BCUT2D eigenvalue weighted by Crippen LogP contribution is -2.25. The standard InChI is InChI=1S/C14H23NO2/c1-10-4-5-13(14(17)8-10)12(3)15-9-11(2)6-7-16/h4-5,8,11-12,15-17H,6-7,9H2,1-3H3.